The van der Waals surface area contributed by atoms with Gasteiger partial charge in [0.25, 0.3) is 5.91 Å². The number of hydrogen-bond acceptors (Lipinski definition) is 4. The standard InChI is InChI=1S/C15H22N4O2/c1-17-10-16-6-12(17)15(20)19-8-13-14(9-19)21-5-4-18(13)7-11-2-3-11/h6,10-11,13-14H,2-5,7-9H2,1H3/t13-,14+/m1/s1. The van der Waals surface area contributed by atoms with Gasteiger partial charge >= 0.3 is 0 Å². The number of rotatable bonds is 3. The Morgan fingerprint density at radius 2 is 2.29 bits per heavy atom. The monoisotopic (exact) mass is 290 g/mol. The predicted octanol–water partition coefficient (Wildman–Crippen LogP) is 0.355. The van der Waals surface area contributed by atoms with E-state index in [1.807, 2.05) is 11.9 Å². The number of aryl methyl sites for hydroxylation is 1. The van der Waals surface area contributed by atoms with Crippen molar-refractivity contribution >= 4 is 5.91 Å². The highest BCUT2D eigenvalue weighted by Crippen LogP contribution is 2.33. The Kier molecular flexibility index (Phi) is 3.23. The maximum Gasteiger partial charge on any atom is 0.272 e. The molecule has 0 radical (unpaired) electrons. The lowest BCUT2D eigenvalue weighted by atomic mass is 10.1. The summed E-state index contributed by atoms with van der Waals surface area (Å²) in [4.78, 5) is 21.1. The van der Waals surface area contributed by atoms with Crippen LogP contribution >= 0.6 is 0 Å². The second-order valence-electron chi connectivity index (χ2n) is 6.51. The van der Waals surface area contributed by atoms with Crippen LogP contribution in [0.15, 0.2) is 12.5 Å². The van der Waals surface area contributed by atoms with Crippen molar-refractivity contribution in [2.75, 3.05) is 32.8 Å². The molecular weight excluding hydrogens is 268 g/mol. The van der Waals surface area contributed by atoms with Crippen LogP contribution in [0.3, 0.4) is 0 Å². The van der Waals surface area contributed by atoms with Gasteiger partial charge in [-0.05, 0) is 18.8 Å². The van der Waals surface area contributed by atoms with Crippen molar-refractivity contribution in [3.8, 4) is 0 Å². The van der Waals surface area contributed by atoms with Gasteiger partial charge in [0.05, 0.1) is 31.3 Å². The average molecular weight is 290 g/mol. The molecule has 4 rings (SSSR count). The van der Waals surface area contributed by atoms with Crippen molar-refractivity contribution in [1.82, 2.24) is 19.4 Å². The lowest BCUT2D eigenvalue weighted by Gasteiger charge is -2.36. The highest BCUT2D eigenvalue weighted by molar-refractivity contribution is 5.92. The molecule has 114 valence electrons. The molecule has 1 amide bonds. The minimum atomic E-state index is 0.0689. The van der Waals surface area contributed by atoms with Gasteiger partial charge in [-0.25, -0.2) is 4.98 Å². The minimum Gasteiger partial charge on any atom is -0.373 e. The van der Waals surface area contributed by atoms with Crippen LogP contribution in [0.2, 0.25) is 0 Å². The molecule has 0 spiro atoms. The van der Waals surface area contributed by atoms with E-state index in [1.54, 1.807) is 17.1 Å². The number of aromatic nitrogens is 2. The zero-order valence-electron chi connectivity index (χ0n) is 12.4. The smallest absolute Gasteiger partial charge is 0.272 e. The Hall–Kier alpha value is -1.40. The van der Waals surface area contributed by atoms with E-state index >= 15 is 0 Å². The van der Waals surface area contributed by atoms with Gasteiger partial charge in [-0.15, -0.1) is 0 Å². The molecule has 1 aliphatic carbocycles. The van der Waals surface area contributed by atoms with Crippen LogP contribution in [0.25, 0.3) is 0 Å². The molecule has 6 nitrogen and oxygen atoms in total. The zero-order valence-corrected chi connectivity index (χ0v) is 12.4. The summed E-state index contributed by atoms with van der Waals surface area (Å²) in [5, 5.41) is 0. The maximum absolute atomic E-state index is 12.6. The second kappa shape index (κ2) is 5.10. The largest absolute Gasteiger partial charge is 0.373 e. The summed E-state index contributed by atoms with van der Waals surface area (Å²) in [6.45, 7) is 4.46. The summed E-state index contributed by atoms with van der Waals surface area (Å²) in [5.74, 6) is 0.949. The quantitative estimate of drug-likeness (QED) is 0.806. The Morgan fingerprint density at radius 1 is 1.43 bits per heavy atom. The highest BCUT2D eigenvalue weighted by atomic mass is 16.5. The van der Waals surface area contributed by atoms with Crippen molar-refractivity contribution < 1.29 is 9.53 Å². The van der Waals surface area contributed by atoms with E-state index < -0.39 is 0 Å². The number of ether oxygens (including phenoxy) is 1. The van der Waals surface area contributed by atoms with Crippen molar-refractivity contribution in [3.63, 3.8) is 0 Å². The van der Waals surface area contributed by atoms with E-state index in [-0.39, 0.29) is 12.0 Å². The topological polar surface area (TPSA) is 50.6 Å². The Bertz CT molecular complexity index is 540. The number of carbonyl (C=O) groups excluding carboxylic acids is 1. The molecule has 1 aromatic heterocycles. The second-order valence-corrected chi connectivity index (χ2v) is 6.51. The molecule has 2 aliphatic heterocycles. The third-order valence-corrected chi connectivity index (χ3v) is 4.93. The van der Waals surface area contributed by atoms with Gasteiger partial charge in [0.15, 0.2) is 0 Å². The van der Waals surface area contributed by atoms with Crippen LogP contribution < -0.4 is 0 Å². The van der Waals surface area contributed by atoms with Crippen molar-refractivity contribution in [3.05, 3.63) is 18.2 Å². The number of likely N-dealkylation sites (tertiary alicyclic amines) is 1. The molecule has 2 saturated heterocycles. The van der Waals surface area contributed by atoms with E-state index in [1.165, 1.54) is 19.4 Å². The number of fused-ring (bicyclic) bond motifs is 1. The van der Waals surface area contributed by atoms with Gasteiger partial charge in [-0.1, -0.05) is 0 Å². The molecule has 0 bridgehead atoms. The third kappa shape index (κ3) is 2.46. The van der Waals surface area contributed by atoms with Gasteiger partial charge < -0.3 is 14.2 Å². The molecule has 21 heavy (non-hydrogen) atoms. The number of amides is 1. The Morgan fingerprint density at radius 3 is 3.00 bits per heavy atom. The van der Waals surface area contributed by atoms with E-state index in [0.29, 0.717) is 18.3 Å². The maximum atomic E-state index is 12.6. The van der Waals surface area contributed by atoms with Crippen molar-refractivity contribution in [2.45, 2.75) is 25.0 Å². The van der Waals surface area contributed by atoms with E-state index in [9.17, 15) is 4.79 Å². The number of hydrogen-bond donors (Lipinski definition) is 0. The van der Waals surface area contributed by atoms with Crippen LogP contribution in [-0.2, 0) is 11.8 Å². The molecule has 2 atom stereocenters. The fraction of sp³-hybridized carbons (Fsp3) is 0.733. The SMILES string of the molecule is Cn1cncc1C(=O)N1C[C@@H]2OCCN(CC3CC3)[C@@H]2C1. The van der Waals surface area contributed by atoms with Crippen LogP contribution in [0, 0.1) is 5.92 Å². The van der Waals surface area contributed by atoms with Gasteiger partial charge in [-0.3, -0.25) is 9.69 Å². The molecule has 0 aromatic carbocycles. The molecule has 0 N–H and O–H groups in total. The summed E-state index contributed by atoms with van der Waals surface area (Å²) in [7, 11) is 1.86. The normalized spacial score (nSPS) is 29.7. The van der Waals surface area contributed by atoms with E-state index in [0.717, 1.165) is 25.6 Å². The number of imidazole rings is 1. The van der Waals surface area contributed by atoms with Crippen molar-refractivity contribution in [2.24, 2.45) is 13.0 Å². The lowest BCUT2D eigenvalue weighted by Crippen LogP contribution is -2.51. The van der Waals surface area contributed by atoms with Gasteiger partial charge in [0.1, 0.15) is 5.69 Å². The molecule has 1 saturated carbocycles. The summed E-state index contributed by atoms with van der Waals surface area (Å²) < 4.78 is 7.69. The molecule has 3 heterocycles. The summed E-state index contributed by atoms with van der Waals surface area (Å²) in [5.41, 5.74) is 0.655. The minimum absolute atomic E-state index is 0.0689. The molecule has 3 aliphatic rings. The van der Waals surface area contributed by atoms with Gasteiger partial charge in [0.2, 0.25) is 0 Å². The molecular formula is C15H22N4O2. The fourth-order valence-electron chi connectivity index (χ4n) is 3.51. The van der Waals surface area contributed by atoms with Crippen LogP contribution in [-0.4, -0.2) is 70.2 Å². The van der Waals surface area contributed by atoms with Gasteiger partial charge in [0, 0.05) is 33.2 Å². The summed E-state index contributed by atoms with van der Waals surface area (Å²) in [6.07, 6.45) is 6.23. The first-order valence-electron chi connectivity index (χ1n) is 7.83. The first kappa shape index (κ1) is 13.3. The Balaban J connectivity index is 1.47. The Labute approximate surface area is 124 Å². The summed E-state index contributed by atoms with van der Waals surface area (Å²) >= 11 is 0. The number of carbonyl (C=O) groups is 1. The first-order valence-corrected chi connectivity index (χ1v) is 7.83. The van der Waals surface area contributed by atoms with E-state index in [2.05, 4.69) is 9.88 Å². The molecule has 1 aromatic rings. The predicted molar refractivity (Wildman–Crippen MR) is 76.9 cm³/mol. The number of morpholine rings is 1. The number of nitrogens with zero attached hydrogens (tertiary/aromatic N) is 4. The van der Waals surface area contributed by atoms with E-state index in [4.69, 9.17) is 4.74 Å². The fourth-order valence-corrected chi connectivity index (χ4v) is 3.51. The van der Waals surface area contributed by atoms with Crippen LogP contribution in [0.4, 0.5) is 0 Å². The lowest BCUT2D eigenvalue weighted by molar-refractivity contribution is -0.0484. The molecule has 0 unspecified atom stereocenters. The average Bonchev–Trinajstić information content (AvgIpc) is 3.01. The third-order valence-electron chi connectivity index (χ3n) is 4.93. The van der Waals surface area contributed by atoms with Crippen molar-refractivity contribution in [1.29, 1.82) is 0 Å². The van der Waals surface area contributed by atoms with Crippen LogP contribution in [0.1, 0.15) is 23.3 Å². The highest BCUT2D eigenvalue weighted by Gasteiger charge is 2.43. The zero-order chi connectivity index (χ0) is 14.4. The van der Waals surface area contributed by atoms with Gasteiger partial charge in [-0.2, -0.15) is 0 Å². The molecule has 3 fully saturated rings. The summed E-state index contributed by atoms with van der Waals surface area (Å²) in [6, 6.07) is 0.372. The first-order chi connectivity index (χ1) is 10.2. The molecule has 6 heteroatoms. The van der Waals surface area contributed by atoms with Crippen LogP contribution in [0.5, 0.6) is 0 Å².